The van der Waals surface area contributed by atoms with Gasteiger partial charge in [0.15, 0.2) is 0 Å². The third-order valence-electron chi connectivity index (χ3n) is 2.39. The fourth-order valence-electron chi connectivity index (χ4n) is 1.74. The molecule has 1 heterocycles. The van der Waals surface area contributed by atoms with E-state index < -0.39 is 10.2 Å². The van der Waals surface area contributed by atoms with Gasteiger partial charge in [0.1, 0.15) is 5.75 Å². The van der Waals surface area contributed by atoms with Crippen molar-refractivity contribution in [3.63, 3.8) is 0 Å². The van der Waals surface area contributed by atoms with Gasteiger partial charge >= 0.3 is 10.2 Å². The quantitative estimate of drug-likeness (QED) is 0.882. The summed E-state index contributed by atoms with van der Waals surface area (Å²) in [5.41, 5.74) is 0.589. The van der Waals surface area contributed by atoms with Crippen molar-refractivity contribution in [1.29, 1.82) is 0 Å². The van der Waals surface area contributed by atoms with E-state index in [0.29, 0.717) is 24.5 Å². The molecule has 0 radical (unpaired) electrons. The van der Waals surface area contributed by atoms with Crippen molar-refractivity contribution < 1.29 is 13.2 Å². The molecule has 1 aromatic carbocycles. The number of anilines is 1. The third-order valence-corrected chi connectivity index (χ3v) is 3.91. The molecule has 0 aromatic heterocycles. The minimum atomic E-state index is -3.40. The molecule has 0 amide bonds. The number of nitrogens with one attached hydrogen (secondary N) is 1. The second kappa shape index (κ2) is 4.54. The Morgan fingerprint density at radius 3 is 2.65 bits per heavy atom. The summed E-state index contributed by atoms with van der Waals surface area (Å²) in [4.78, 5) is 0. The van der Waals surface area contributed by atoms with Crippen LogP contribution in [0, 0.1) is 0 Å². The van der Waals surface area contributed by atoms with Crippen LogP contribution in [0.3, 0.4) is 0 Å². The van der Waals surface area contributed by atoms with Crippen molar-refractivity contribution in [1.82, 2.24) is 4.72 Å². The first-order valence-corrected chi connectivity index (χ1v) is 6.98. The largest absolute Gasteiger partial charge is 0.489 e. The summed E-state index contributed by atoms with van der Waals surface area (Å²) in [6.45, 7) is 4.68. The Labute approximate surface area is 102 Å². The summed E-state index contributed by atoms with van der Waals surface area (Å²) in [5.74, 6) is 0.592. The SMILES string of the molecule is CC(C)Oc1ccccc1N1CCNS1(=O)=O. The molecule has 0 aliphatic carbocycles. The standard InChI is InChI=1S/C11H16N2O3S/c1-9(2)16-11-6-4-3-5-10(11)13-8-7-12-17(13,14)15/h3-6,9,12H,7-8H2,1-2H3. The van der Waals surface area contributed by atoms with Crippen LogP contribution in [0.5, 0.6) is 5.75 Å². The van der Waals surface area contributed by atoms with Crippen molar-refractivity contribution in [2.75, 3.05) is 17.4 Å². The van der Waals surface area contributed by atoms with E-state index >= 15 is 0 Å². The number of hydrogen-bond acceptors (Lipinski definition) is 3. The van der Waals surface area contributed by atoms with Gasteiger partial charge in [0, 0.05) is 13.1 Å². The molecule has 17 heavy (non-hydrogen) atoms. The highest BCUT2D eigenvalue weighted by Gasteiger charge is 2.29. The molecule has 1 fully saturated rings. The van der Waals surface area contributed by atoms with Gasteiger partial charge in [-0.25, -0.2) is 0 Å². The predicted octanol–water partition coefficient (Wildman–Crippen LogP) is 1.13. The van der Waals surface area contributed by atoms with Gasteiger partial charge in [-0.1, -0.05) is 12.1 Å². The van der Waals surface area contributed by atoms with E-state index in [1.54, 1.807) is 18.2 Å². The van der Waals surface area contributed by atoms with E-state index in [4.69, 9.17) is 4.74 Å². The normalized spacial score (nSPS) is 18.6. The smallest absolute Gasteiger partial charge is 0.301 e. The Morgan fingerprint density at radius 1 is 1.35 bits per heavy atom. The fourth-order valence-corrected chi connectivity index (χ4v) is 2.99. The third kappa shape index (κ3) is 2.53. The van der Waals surface area contributed by atoms with E-state index in [0.717, 1.165) is 0 Å². The number of hydrogen-bond donors (Lipinski definition) is 1. The van der Waals surface area contributed by atoms with Crippen LogP contribution in [-0.2, 0) is 10.2 Å². The lowest BCUT2D eigenvalue weighted by Gasteiger charge is -2.20. The molecule has 0 spiro atoms. The van der Waals surface area contributed by atoms with Crippen LogP contribution in [0.15, 0.2) is 24.3 Å². The van der Waals surface area contributed by atoms with E-state index in [9.17, 15) is 8.42 Å². The van der Waals surface area contributed by atoms with Gasteiger partial charge in [0.2, 0.25) is 0 Å². The number of ether oxygens (including phenoxy) is 1. The summed E-state index contributed by atoms with van der Waals surface area (Å²) in [6, 6.07) is 7.17. The lowest BCUT2D eigenvalue weighted by Crippen LogP contribution is -2.29. The molecule has 1 N–H and O–H groups in total. The highest BCUT2D eigenvalue weighted by molar-refractivity contribution is 7.91. The van der Waals surface area contributed by atoms with Crippen molar-refractivity contribution in [2.24, 2.45) is 0 Å². The van der Waals surface area contributed by atoms with Crippen LogP contribution >= 0.6 is 0 Å². The summed E-state index contributed by atoms with van der Waals surface area (Å²) in [7, 11) is -3.40. The topological polar surface area (TPSA) is 58.6 Å². The van der Waals surface area contributed by atoms with E-state index in [2.05, 4.69) is 4.72 Å². The molecule has 5 nitrogen and oxygen atoms in total. The monoisotopic (exact) mass is 256 g/mol. The molecule has 0 atom stereocenters. The van der Waals surface area contributed by atoms with Crippen molar-refractivity contribution in [3.8, 4) is 5.75 Å². The van der Waals surface area contributed by atoms with Crippen LogP contribution in [0.4, 0.5) is 5.69 Å². The van der Waals surface area contributed by atoms with Gasteiger partial charge in [-0.15, -0.1) is 0 Å². The lowest BCUT2D eigenvalue weighted by atomic mass is 10.3. The zero-order valence-corrected chi connectivity index (χ0v) is 10.7. The second-order valence-electron chi connectivity index (χ2n) is 4.11. The van der Waals surface area contributed by atoms with Crippen LogP contribution in [-0.4, -0.2) is 27.6 Å². The Balaban J connectivity index is 2.38. The zero-order valence-electron chi connectivity index (χ0n) is 9.88. The average molecular weight is 256 g/mol. The summed E-state index contributed by atoms with van der Waals surface area (Å²) < 4.78 is 32.9. The predicted molar refractivity (Wildman–Crippen MR) is 66.5 cm³/mol. The van der Waals surface area contributed by atoms with Crippen molar-refractivity contribution in [3.05, 3.63) is 24.3 Å². The Kier molecular flexibility index (Phi) is 3.26. The van der Waals surface area contributed by atoms with Crippen LogP contribution in [0.25, 0.3) is 0 Å². The highest BCUT2D eigenvalue weighted by Crippen LogP contribution is 2.31. The maximum atomic E-state index is 11.8. The molecule has 0 bridgehead atoms. The molecule has 0 saturated carbocycles. The van der Waals surface area contributed by atoms with Gasteiger partial charge < -0.3 is 4.74 Å². The molecule has 1 saturated heterocycles. The highest BCUT2D eigenvalue weighted by atomic mass is 32.2. The number of rotatable bonds is 3. The molecule has 1 aliphatic rings. The first-order valence-electron chi connectivity index (χ1n) is 5.54. The molecular weight excluding hydrogens is 240 g/mol. The average Bonchev–Trinajstić information content (AvgIpc) is 2.58. The minimum Gasteiger partial charge on any atom is -0.489 e. The second-order valence-corrected chi connectivity index (χ2v) is 5.79. The van der Waals surface area contributed by atoms with Gasteiger partial charge in [-0.2, -0.15) is 13.1 Å². The van der Waals surface area contributed by atoms with E-state index in [-0.39, 0.29) is 6.10 Å². The first-order chi connectivity index (χ1) is 8.00. The molecule has 2 rings (SSSR count). The first kappa shape index (κ1) is 12.2. The van der Waals surface area contributed by atoms with Crippen LogP contribution in [0.2, 0.25) is 0 Å². The summed E-state index contributed by atoms with van der Waals surface area (Å²) in [6.07, 6.45) is 0.00872. The van der Waals surface area contributed by atoms with Crippen molar-refractivity contribution >= 4 is 15.9 Å². The fraction of sp³-hybridized carbons (Fsp3) is 0.455. The zero-order chi connectivity index (χ0) is 12.5. The van der Waals surface area contributed by atoms with Gasteiger partial charge in [-0.05, 0) is 26.0 Å². The molecule has 6 heteroatoms. The van der Waals surface area contributed by atoms with Crippen LogP contribution in [0.1, 0.15) is 13.8 Å². The number of benzene rings is 1. The van der Waals surface area contributed by atoms with Gasteiger partial charge in [-0.3, -0.25) is 4.31 Å². The van der Waals surface area contributed by atoms with Crippen LogP contribution < -0.4 is 13.8 Å². The Bertz CT molecular complexity index is 499. The molecule has 1 aliphatic heterocycles. The molecule has 1 aromatic rings. The van der Waals surface area contributed by atoms with E-state index in [1.165, 1.54) is 4.31 Å². The maximum Gasteiger partial charge on any atom is 0.301 e. The molecule has 94 valence electrons. The Hall–Kier alpha value is -1.27. The summed E-state index contributed by atoms with van der Waals surface area (Å²) in [5, 5.41) is 0. The number of para-hydroxylation sites is 2. The minimum absolute atomic E-state index is 0.00872. The van der Waals surface area contributed by atoms with Gasteiger partial charge in [0.25, 0.3) is 0 Å². The number of nitrogens with zero attached hydrogens (tertiary/aromatic N) is 1. The summed E-state index contributed by atoms with van der Waals surface area (Å²) >= 11 is 0. The van der Waals surface area contributed by atoms with Crippen molar-refractivity contribution in [2.45, 2.75) is 20.0 Å². The lowest BCUT2D eigenvalue weighted by molar-refractivity contribution is 0.243. The molecular formula is C11H16N2O3S. The van der Waals surface area contributed by atoms with E-state index in [1.807, 2.05) is 19.9 Å². The van der Waals surface area contributed by atoms with Gasteiger partial charge in [0.05, 0.1) is 11.8 Å². The Morgan fingerprint density at radius 2 is 2.06 bits per heavy atom. The molecule has 0 unspecified atom stereocenters. The maximum absolute atomic E-state index is 11.8.